The van der Waals surface area contributed by atoms with Crippen molar-refractivity contribution in [3.05, 3.63) is 28.8 Å². The van der Waals surface area contributed by atoms with Crippen molar-refractivity contribution in [2.75, 3.05) is 6.61 Å². The lowest BCUT2D eigenvalue weighted by Gasteiger charge is -2.30. The molecule has 0 fully saturated rings. The lowest BCUT2D eigenvalue weighted by Crippen LogP contribution is -2.44. The zero-order valence-electron chi connectivity index (χ0n) is 12.7. The molecule has 0 aliphatic rings. The summed E-state index contributed by atoms with van der Waals surface area (Å²) in [4.78, 5) is 25.3. The van der Waals surface area contributed by atoms with E-state index in [1.165, 1.54) is 12.1 Å². The highest BCUT2D eigenvalue weighted by Gasteiger charge is 2.21. The number of carbonyl (C=O) groups excluding carboxylic acids is 2. The topological polar surface area (TPSA) is 72.6 Å². The number of carbonyl (C=O) groups is 2. The van der Waals surface area contributed by atoms with Crippen LogP contribution in [0.15, 0.2) is 18.2 Å². The molecule has 5 nitrogen and oxygen atoms in total. The van der Waals surface area contributed by atoms with Crippen LogP contribution in [-0.2, 0) is 4.79 Å². The van der Waals surface area contributed by atoms with Gasteiger partial charge >= 0.3 is 0 Å². The standard InChI is InChI=1S/C15H21ClN2O3/c1-9(2)18(10(3)4)14(19)8-21-13-7-11(16)5-6-12(13)15(17)20/h5-7,9-10H,8H2,1-4H3,(H2,17,20). The molecule has 0 spiro atoms. The highest BCUT2D eigenvalue weighted by Crippen LogP contribution is 2.23. The van der Waals surface area contributed by atoms with Gasteiger partial charge in [-0.2, -0.15) is 0 Å². The first-order chi connectivity index (χ1) is 9.73. The molecule has 116 valence electrons. The Kier molecular flexibility index (Phi) is 6.03. The summed E-state index contributed by atoms with van der Waals surface area (Å²) < 4.78 is 5.45. The molecule has 1 aromatic rings. The highest BCUT2D eigenvalue weighted by molar-refractivity contribution is 6.30. The predicted molar refractivity (Wildman–Crippen MR) is 82.6 cm³/mol. The first-order valence-corrected chi connectivity index (χ1v) is 7.15. The smallest absolute Gasteiger partial charge is 0.260 e. The van der Waals surface area contributed by atoms with Crippen LogP contribution in [0.4, 0.5) is 0 Å². The fourth-order valence-electron chi connectivity index (χ4n) is 2.21. The highest BCUT2D eigenvalue weighted by atomic mass is 35.5. The van der Waals surface area contributed by atoms with Gasteiger partial charge in [-0.15, -0.1) is 0 Å². The van der Waals surface area contributed by atoms with Gasteiger partial charge in [0.05, 0.1) is 5.56 Å². The zero-order chi connectivity index (χ0) is 16.2. The largest absolute Gasteiger partial charge is 0.483 e. The van der Waals surface area contributed by atoms with Crippen LogP contribution in [0, 0.1) is 0 Å². The van der Waals surface area contributed by atoms with Gasteiger partial charge in [-0.3, -0.25) is 9.59 Å². The Morgan fingerprint density at radius 2 is 1.81 bits per heavy atom. The number of benzene rings is 1. The number of ether oxygens (including phenoxy) is 1. The number of nitrogens with two attached hydrogens (primary N) is 1. The molecule has 2 N–H and O–H groups in total. The lowest BCUT2D eigenvalue weighted by atomic mass is 10.2. The third-order valence-corrected chi connectivity index (χ3v) is 3.20. The number of nitrogens with zero attached hydrogens (tertiary/aromatic N) is 1. The number of halogens is 1. The summed E-state index contributed by atoms with van der Waals surface area (Å²) in [6.45, 7) is 7.58. The molecule has 0 bridgehead atoms. The molecule has 0 saturated heterocycles. The SMILES string of the molecule is CC(C)N(C(=O)COc1cc(Cl)ccc1C(N)=O)C(C)C. The Labute approximate surface area is 130 Å². The average Bonchev–Trinajstić information content (AvgIpc) is 2.35. The van der Waals surface area contributed by atoms with Crippen LogP contribution in [0.3, 0.4) is 0 Å². The van der Waals surface area contributed by atoms with E-state index in [9.17, 15) is 9.59 Å². The van der Waals surface area contributed by atoms with Gasteiger partial charge in [0.25, 0.3) is 11.8 Å². The molecular formula is C15H21ClN2O3. The zero-order valence-corrected chi connectivity index (χ0v) is 13.5. The van der Waals surface area contributed by atoms with Crippen molar-refractivity contribution in [3.63, 3.8) is 0 Å². The normalized spacial score (nSPS) is 10.8. The van der Waals surface area contributed by atoms with E-state index in [0.717, 1.165) is 0 Å². The molecule has 21 heavy (non-hydrogen) atoms. The van der Waals surface area contributed by atoms with Gasteiger partial charge in [0.15, 0.2) is 6.61 Å². The third-order valence-electron chi connectivity index (χ3n) is 2.96. The molecule has 0 radical (unpaired) electrons. The summed E-state index contributed by atoms with van der Waals surface area (Å²) in [5, 5.41) is 0.409. The summed E-state index contributed by atoms with van der Waals surface area (Å²) in [5.41, 5.74) is 5.47. The summed E-state index contributed by atoms with van der Waals surface area (Å²) in [6, 6.07) is 4.63. The Morgan fingerprint density at radius 1 is 1.24 bits per heavy atom. The van der Waals surface area contributed by atoms with Crippen LogP contribution in [0.1, 0.15) is 38.1 Å². The number of hydrogen-bond acceptors (Lipinski definition) is 3. The molecule has 1 aromatic carbocycles. The van der Waals surface area contributed by atoms with Crippen molar-refractivity contribution in [1.82, 2.24) is 4.90 Å². The van der Waals surface area contributed by atoms with Gasteiger partial charge in [0.1, 0.15) is 5.75 Å². The Hall–Kier alpha value is -1.75. The molecule has 6 heteroatoms. The van der Waals surface area contributed by atoms with Crippen LogP contribution >= 0.6 is 11.6 Å². The fraction of sp³-hybridized carbons (Fsp3) is 0.467. The average molecular weight is 313 g/mol. The van der Waals surface area contributed by atoms with Crippen molar-refractivity contribution in [2.45, 2.75) is 39.8 Å². The minimum absolute atomic E-state index is 0.0658. The van der Waals surface area contributed by atoms with Crippen molar-refractivity contribution in [2.24, 2.45) is 5.73 Å². The minimum Gasteiger partial charge on any atom is -0.483 e. The van der Waals surface area contributed by atoms with E-state index in [2.05, 4.69) is 0 Å². The minimum atomic E-state index is -0.626. The van der Waals surface area contributed by atoms with Crippen LogP contribution in [0.5, 0.6) is 5.75 Å². The first kappa shape index (κ1) is 17.3. The van der Waals surface area contributed by atoms with E-state index < -0.39 is 5.91 Å². The van der Waals surface area contributed by atoms with Gasteiger partial charge < -0.3 is 15.4 Å². The summed E-state index contributed by atoms with van der Waals surface area (Å²) in [5.74, 6) is -0.565. The maximum absolute atomic E-state index is 12.2. The van der Waals surface area contributed by atoms with E-state index in [1.807, 2.05) is 27.7 Å². The molecule has 0 atom stereocenters. The first-order valence-electron chi connectivity index (χ1n) is 6.77. The predicted octanol–water partition coefficient (Wildman–Crippen LogP) is 2.46. The molecular weight excluding hydrogens is 292 g/mol. The summed E-state index contributed by atoms with van der Waals surface area (Å²) in [7, 11) is 0. The third kappa shape index (κ3) is 4.63. The van der Waals surface area contributed by atoms with Crippen molar-refractivity contribution >= 4 is 23.4 Å². The monoisotopic (exact) mass is 312 g/mol. The molecule has 0 saturated carbocycles. The van der Waals surface area contributed by atoms with Crippen molar-refractivity contribution in [1.29, 1.82) is 0 Å². The van der Waals surface area contributed by atoms with E-state index in [4.69, 9.17) is 22.1 Å². The Balaban J connectivity index is 2.86. The van der Waals surface area contributed by atoms with Crippen LogP contribution in [0.2, 0.25) is 5.02 Å². The van der Waals surface area contributed by atoms with Gasteiger partial charge in [0.2, 0.25) is 0 Å². The second-order valence-corrected chi connectivity index (χ2v) is 5.72. The van der Waals surface area contributed by atoms with Gasteiger partial charge in [-0.1, -0.05) is 11.6 Å². The summed E-state index contributed by atoms with van der Waals surface area (Å²) >= 11 is 5.87. The van der Waals surface area contributed by atoms with Crippen LogP contribution < -0.4 is 10.5 Å². The van der Waals surface area contributed by atoms with E-state index in [-0.39, 0.29) is 35.9 Å². The second-order valence-electron chi connectivity index (χ2n) is 5.28. The Morgan fingerprint density at radius 3 is 2.29 bits per heavy atom. The van der Waals surface area contributed by atoms with Crippen LogP contribution in [-0.4, -0.2) is 35.4 Å². The maximum atomic E-state index is 12.2. The molecule has 1 rings (SSSR count). The van der Waals surface area contributed by atoms with E-state index in [1.54, 1.807) is 11.0 Å². The quantitative estimate of drug-likeness (QED) is 0.877. The van der Waals surface area contributed by atoms with Gasteiger partial charge in [0, 0.05) is 17.1 Å². The number of hydrogen-bond donors (Lipinski definition) is 1. The van der Waals surface area contributed by atoms with Crippen molar-refractivity contribution in [3.8, 4) is 5.75 Å². The van der Waals surface area contributed by atoms with Gasteiger partial charge in [-0.05, 0) is 45.9 Å². The number of rotatable bonds is 6. The maximum Gasteiger partial charge on any atom is 0.260 e. The molecule has 2 amide bonds. The molecule has 0 heterocycles. The van der Waals surface area contributed by atoms with E-state index >= 15 is 0 Å². The number of amides is 2. The molecule has 0 aromatic heterocycles. The van der Waals surface area contributed by atoms with Crippen molar-refractivity contribution < 1.29 is 14.3 Å². The van der Waals surface area contributed by atoms with Gasteiger partial charge in [-0.25, -0.2) is 0 Å². The molecule has 0 aliphatic heterocycles. The van der Waals surface area contributed by atoms with Crippen LogP contribution in [0.25, 0.3) is 0 Å². The molecule has 0 aliphatic carbocycles. The molecule has 0 unspecified atom stereocenters. The number of primary amides is 1. The second kappa shape index (κ2) is 7.31. The Bertz CT molecular complexity index is 522. The summed E-state index contributed by atoms with van der Waals surface area (Å²) in [6.07, 6.45) is 0. The lowest BCUT2D eigenvalue weighted by molar-refractivity contribution is -0.137. The van der Waals surface area contributed by atoms with E-state index in [0.29, 0.717) is 5.02 Å². The fourth-order valence-corrected chi connectivity index (χ4v) is 2.37.